The Morgan fingerprint density at radius 1 is 0.514 bits per heavy atom. The van der Waals surface area contributed by atoms with Gasteiger partial charge in [0.2, 0.25) is 0 Å². The largest absolute Gasteiger partial charge is 0.454 e. The van der Waals surface area contributed by atoms with E-state index < -0.39 is 0 Å². The zero-order valence-electron chi connectivity index (χ0n) is 18.7. The van der Waals surface area contributed by atoms with Gasteiger partial charge < -0.3 is 4.42 Å². The highest BCUT2D eigenvalue weighted by molar-refractivity contribution is 6.14. The highest BCUT2D eigenvalue weighted by Crippen LogP contribution is 2.39. The first-order valence-corrected chi connectivity index (χ1v) is 11.5. The highest BCUT2D eigenvalue weighted by atomic mass is 16.3. The van der Waals surface area contributed by atoms with Crippen LogP contribution in [0.5, 0.6) is 0 Å². The Kier molecular flexibility index (Phi) is 4.42. The fourth-order valence-electron chi connectivity index (χ4n) is 4.68. The van der Waals surface area contributed by atoms with Gasteiger partial charge in [-0.1, -0.05) is 66.7 Å². The first-order chi connectivity index (χ1) is 17.3. The summed E-state index contributed by atoms with van der Waals surface area (Å²) in [7, 11) is 0. The normalized spacial score (nSPS) is 11.4. The quantitative estimate of drug-likeness (QED) is 0.275. The van der Waals surface area contributed by atoms with E-state index in [0.717, 1.165) is 66.7 Å². The summed E-state index contributed by atoms with van der Waals surface area (Å²) in [5.74, 6) is 0. The van der Waals surface area contributed by atoms with Crippen LogP contribution >= 0.6 is 0 Å². The summed E-state index contributed by atoms with van der Waals surface area (Å²) in [6.45, 7) is 0. The van der Waals surface area contributed by atoms with Gasteiger partial charge in [0.05, 0.1) is 22.6 Å². The van der Waals surface area contributed by atoms with Crippen molar-refractivity contribution >= 4 is 33.0 Å². The van der Waals surface area contributed by atoms with Crippen molar-refractivity contribution in [2.75, 3.05) is 0 Å². The van der Waals surface area contributed by atoms with E-state index in [1.54, 1.807) is 6.20 Å². The molecule has 35 heavy (non-hydrogen) atoms. The molecule has 0 aliphatic heterocycles. The Bertz CT molecular complexity index is 1840. The number of para-hydroxylation sites is 2. The van der Waals surface area contributed by atoms with Crippen LogP contribution in [0, 0.1) is 0 Å². The van der Waals surface area contributed by atoms with Gasteiger partial charge in [0.15, 0.2) is 5.58 Å². The lowest BCUT2D eigenvalue weighted by Crippen LogP contribution is -1.90. The van der Waals surface area contributed by atoms with Gasteiger partial charge in [0, 0.05) is 28.1 Å². The molecule has 0 spiro atoms. The average molecular weight is 450 g/mol. The van der Waals surface area contributed by atoms with Crippen molar-refractivity contribution in [3.63, 3.8) is 0 Å². The predicted molar refractivity (Wildman–Crippen MR) is 141 cm³/mol. The van der Waals surface area contributed by atoms with Crippen LogP contribution in [0.2, 0.25) is 0 Å². The molecule has 0 saturated carbocycles. The van der Waals surface area contributed by atoms with Crippen LogP contribution in [0.1, 0.15) is 0 Å². The third-order valence-corrected chi connectivity index (χ3v) is 6.35. The summed E-state index contributed by atoms with van der Waals surface area (Å²) in [4.78, 5) is 14.2. The number of hydrogen-bond acceptors (Lipinski definition) is 4. The van der Waals surface area contributed by atoms with E-state index in [-0.39, 0.29) is 0 Å². The Balaban J connectivity index is 1.39. The summed E-state index contributed by atoms with van der Waals surface area (Å²) >= 11 is 0. The van der Waals surface area contributed by atoms with Gasteiger partial charge in [-0.2, -0.15) is 0 Å². The monoisotopic (exact) mass is 449 g/mol. The second kappa shape index (κ2) is 7.89. The number of rotatable bonds is 3. The Morgan fingerprint density at radius 3 is 2.09 bits per heavy atom. The Hall–Kier alpha value is -4.83. The van der Waals surface area contributed by atoms with Crippen molar-refractivity contribution in [3.8, 4) is 33.8 Å². The van der Waals surface area contributed by atoms with E-state index in [1.807, 2.05) is 66.7 Å². The number of pyridine rings is 3. The second-order valence-electron chi connectivity index (χ2n) is 8.48. The van der Waals surface area contributed by atoms with Crippen LogP contribution in [0.4, 0.5) is 0 Å². The van der Waals surface area contributed by atoms with E-state index >= 15 is 0 Å². The van der Waals surface area contributed by atoms with E-state index in [2.05, 4.69) is 47.4 Å². The maximum atomic E-state index is 6.34. The number of fused-ring (bicyclic) bond motifs is 4. The standard InChI is InChI=1S/C31H19N3O/c1-3-10-25-22(8-1)29(31-30(34-25)23-9-2-4-14-28(23)35-31)21-17-15-20(16-18-21)24-12-7-13-27(33-24)26-11-5-6-19-32-26/h1-19H. The van der Waals surface area contributed by atoms with E-state index in [1.165, 1.54) is 0 Å². The molecule has 0 amide bonds. The van der Waals surface area contributed by atoms with Crippen LogP contribution in [0.3, 0.4) is 0 Å². The van der Waals surface area contributed by atoms with Gasteiger partial charge in [0.1, 0.15) is 11.1 Å². The molecule has 4 aromatic heterocycles. The van der Waals surface area contributed by atoms with Crippen molar-refractivity contribution in [1.29, 1.82) is 0 Å². The number of benzene rings is 3. The van der Waals surface area contributed by atoms with Gasteiger partial charge in [0.25, 0.3) is 0 Å². The second-order valence-corrected chi connectivity index (χ2v) is 8.48. The lowest BCUT2D eigenvalue weighted by atomic mass is 9.98. The molecule has 4 heteroatoms. The maximum absolute atomic E-state index is 6.34. The van der Waals surface area contributed by atoms with Crippen LogP contribution in [-0.4, -0.2) is 15.0 Å². The summed E-state index contributed by atoms with van der Waals surface area (Å²) < 4.78 is 6.34. The molecule has 0 fully saturated rings. The molecular formula is C31H19N3O. The molecule has 3 aromatic carbocycles. The zero-order chi connectivity index (χ0) is 23.2. The van der Waals surface area contributed by atoms with Gasteiger partial charge >= 0.3 is 0 Å². The van der Waals surface area contributed by atoms with Crippen molar-refractivity contribution in [2.45, 2.75) is 0 Å². The third kappa shape index (κ3) is 3.27. The molecule has 7 rings (SSSR count). The zero-order valence-corrected chi connectivity index (χ0v) is 18.7. The SMILES string of the molecule is c1ccc(-c2cccc(-c3ccc(-c4c5ccccc5nc5c4oc4ccccc45)cc3)n2)nc1. The first-order valence-electron chi connectivity index (χ1n) is 11.5. The molecule has 4 heterocycles. The fourth-order valence-corrected chi connectivity index (χ4v) is 4.68. The molecule has 0 saturated heterocycles. The topological polar surface area (TPSA) is 51.8 Å². The number of furan rings is 1. The highest BCUT2D eigenvalue weighted by Gasteiger charge is 2.17. The van der Waals surface area contributed by atoms with E-state index in [4.69, 9.17) is 14.4 Å². The molecule has 164 valence electrons. The van der Waals surface area contributed by atoms with E-state index in [9.17, 15) is 0 Å². The number of nitrogens with zero attached hydrogens (tertiary/aromatic N) is 3. The van der Waals surface area contributed by atoms with Gasteiger partial charge in [-0.3, -0.25) is 4.98 Å². The lowest BCUT2D eigenvalue weighted by molar-refractivity contribution is 0.670. The van der Waals surface area contributed by atoms with Crippen LogP contribution in [0.25, 0.3) is 66.7 Å². The minimum Gasteiger partial charge on any atom is -0.454 e. The average Bonchev–Trinajstić information content (AvgIpc) is 3.30. The molecule has 0 atom stereocenters. The van der Waals surface area contributed by atoms with Crippen LogP contribution in [0.15, 0.2) is 120 Å². The molecule has 0 bridgehead atoms. The number of hydrogen-bond donors (Lipinski definition) is 0. The van der Waals surface area contributed by atoms with Crippen molar-refractivity contribution in [3.05, 3.63) is 115 Å². The summed E-state index contributed by atoms with van der Waals surface area (Å²) in [5, 5.41) is 2.10. The smallest absolute Gasteiger partial charge is 0.162 e. The molecule has 4 nitrogen and oxygen atoms in total. The Morgan fingerprint density at radius 2 is 1.23 bits per heavy atom. The van der Waals surface area contributed by atoms with E-state index in [0.29, 0.717) is 0 Å². The van der Waals surface area contributed by atoms with Crippen molar-refractivity contribution < 1.29 is 4.42 Å². The lowest BCUT2D eigenvalue weighted by Gasteiger charge is -2.09. The van der Waals surface area contributed by atoms with Crippen molar-refractivity contribution in [1.82, 2.24) is 15.0 Å². The minimum atomic E-state index is 0.813. The maximum Gasteiger partial charge on any atom is 0.162 e. The molecule has 0 aliphatic carbocycles. The van der Waals surface area contributed by atoms with Gasteiger partial charge in [-0.05, 0) is 48.0 Å². The van der Waals surface area contributed by atoms with Crippen molar-refractivity contribution in [2.24, 2.45) is 0 Å². The molecule has 0 N–H and O–H groups in total. The fraction of sp³-hybridized carbons (Fsp3) is 0. The first kappa shape index (κ1) is 19.6. The van der Waals surface area contributed by atoms with Crippen LogP contribution in [-0.2, 0) is 0 Å². The number of aromatic nitrogens is 3. The predicted octanol–water partition coefficient (Wildman–Crippen LogP) is 7.93. The molecule has 0 unspecified atom stereocenters. The van der Waals surface area contributed by atoms with Crippen LogP contribution < -0.4 is 0 Å². The van der Waals surface area contributed by atoms with Gasteiger partial charge in [-0.15, -0.1) is 0 Å². The summed E-state index contributed by atoms with van der Waals surface area (Å²) in [5.41, 5.74) is 9.32. The summed E-state index contributed by atoms with van der Waals surface area (Å²) in [6.07, 6.45) is 1.79. The summed E-state index contributed by atoms with van der Waals surface area (Å²) in [6, 6.07) is 36.7. The minimum absolute atomic E-state index is 0.813. The van der Waals surface area contributed by atoms with Gasteiger partial charge in [-0.25, -0.2) is 9.97 Å². The molecule has 0 radical (unpaired) electrons. The Labute approximate surface area is 201 Å². The third-order valence-electron chi connectivity index (χ3n) is 6.35. The molecule has 0 aliphatic rings. The molecular weight excluding hydrogens is 430 g/mol. The molecule has 7 aromatic rings.